The number of aliphatic hydroxyl groups excluding tert-OH is 1. The summed E-state index contributed by atoms with van der Waals surface area (Å²) in [5.74, 6) is 1.98. The maximum Gasteiger partial charge on any atom is 0.209 e. The number of aliphatic hydroxyl groups is 1. The fourth-order valence-electron chi connectivity index (χ4n) is 2.72. The predicted octanol–water partition coefficient (Wildman–Crippen LogP) is 4.62. The number of thioether (sulfide) groups is 1. The van der Waals surface area contributed by atoms with Crippen LogP contribution in [0.2, 0.25) is 5.02 Å². The van der Waals surface area contributed by atoms with Gasteiger partial charge in [0.05, 0.1) is 11.8 Å². The smallest absolute Gasteiger partial charge is 0.209 e. The molecule has 2 aromatic carbocycles. The Hall–Kier alpha value is -1.82. The SMILES string of the molecule is OC(CSc1nc(C2CC2)n(-c2ccccc2)n1)c1ccccc1Cl. The van der Waals surface area contributed by atoms with Crippen LogP contribution in [0.25, 0.3) is 5.69 Å². The van der Waals surface area contributed by atoms with Gasteiger partial charge in [-0.1, -0.05) is 59.8 Å². The largest absolute Gasteiger partial charge is 0.387 e. The summed E-state index contributed by atoms with van der Waals surface area (Å²) in [5, 5.41) is 16.3. The number of hydrogen-bond acceptors (Lipinski definition) is 4. The van der Waals surface area contributed by atoms with Gasteiger partial charge in [-0.3, -0.25) is 0 Å². The van der Waals surface area contributed by atoms with Crippen LogP contribution >= 0.6 is 23.4 Å². The molecular formula is C19H18ClN3OS. The summed E-state index contributed by atoms with van der Waals surface area (Å²) in [7, 11) is 0. The quantitative estimate of drug-likeness (QED) is 0.642. The van der Waals surface area contributed by atoms with Gasteiger partial charge in [0.15, 0.2) is 0 Å². The Labute approximate surface area is 155 Å². The molecule has 128 valence electrons. The van der Waals surface area contributed by atoms with E-state index in [0.717, 1.165) is 29.9 Å². The molecule has 0 aliphatic heterocycles. The number of rotatable bonds is 6. The van der Waals surface area contributed by atoms with Crippen LogP contribution in [0.3, 0.4) is 0 Å². The van der Waals surface area contributed by atoms with Gasteiger partial charge in [-0.05, 0) is 36.6 Å². The van der Waals surface area contributed by atoms with E-state index in [1.807, 2.05) is 53.2 Å². The molecule has 3 aromatic rings. The first-order valence-corrected chi connectivity index (χ1v) is 9.66. The van der Waals surface area contributed by atoms with E-state index >= 15 is 0 Å². The van der Waals surface area contributed by atoms with E-state index in [9.17, 15) is 5.11 Å². The Bertz CT molecular complexity index is 864. The predicted molar refractivity (Wildman–Crippen MR) is 100 cm³/mol. The van der Waals surface area contributed by atoms with Crippen LogP contribution < -0.4 is 0 Å². The molecule has 1 N–H and O–H groups in total. The summed E-state index contributed by atoms with van der Waals surface area (Å²) >= 11 is 7.61. The minimum absolute atomic E-state index is 0.465. The molecule has 6 heteroatoms. The van der Waals surface area contributed by atoms with Crippen molar-refractivity contribution in [1.82, 2.24) is 14.8 Å². The molecule has 4 rings (SSSR count). The van der Waals surface area contributed by atoms with E-state index < -0.39 is 6.10 Å². The van der Waals surface area contributed by atoms with Gasteiger partial charge in [-0.2, -0.15) is 0 Å². The van der Waals surface area contributed by atoms with Crippen molar-refractivity contribution >= 4 is 23.4 Å². The summed E-state index contributed by atoms with van der Waals surface area (Å²) in [6, 6.07) is 17.4. The third-order valence-corrected chi connectivity index (χ3v) is 5.45. The standard InChI is InChI=1S/C19H18ClN3OS/c20-16-9-5-4-8-15(16)17(24)12-25-19-21-18(13-10-11-13)23(22-19)14-6-2-1-3-7-14/h1-9,13,17,24H,10-12H2. The second-order valence-corrected chi connectivity index (χ2v) is 7.52. The van der Waals surface area contributed by atoms with E-state index in [0.29, 0.717) is 21.8 Å². The fraction of sp³-hybridized carbons (Fsp3) is 0.263. The van der Waals surface area contributed by atoms with Crippen LogP contribution in [0.1, 0.15) is 36.3 Å². The monoisotopic (exact) mass is 371 g/mol. The van der Waals surface area contributed by atoms with Crippen LogP contribution in [0.5, 0.6) is 0 Å². The summed E-state index contributed by atoms with van der Waals surface area (Å²) in [6.45, 7) is 0. The van der Waals surface area contributed by atoms with E-state index in [2.05, 4.69) is 5.10 Å². The first-order valence-electron chi connectivity index (χ1n) is 8.30. The van der Waals surface area contributed by atoms with Crippen molar-refractivity contribution in [2.75, 3.05) is 5.75 Å². The Kier molecular flexibility index (Phi) is 4.79. The zero-order valence-electron chi connectivity index (χ0n) is 13.5. The van der Waals surface area contributed by atoms with Gasteiger partial charge in [0.25, 0.3) is 0 Å². The lowest BCUT2D eigenvalue weighted by Gasteiger charge is -2.10. The van der Waals surface area contributed by atoms with Crippen LogP contribution in [0.15, 0.2) is 59.8 Å². The molecule has 1 atom stereocenters. The Morgan fingerprint density at radius 1 is 1.12 bits per heavy atom. The van der Waals surface area contributed by atoms with Crippen LogP contribution in [0, 0.1) is 0 Å². The van der Waals surface area contributed by atoms with Crippen molar-refractivity contribution in [3.05, 3.63) is 71.0 Å². The maximum atomic E-state index is 10.4. The van der Waals surface area contributed by atoms with Gasteiger partial charge in [0.2, 0.25) is 5.16 Å². The lowest BCUT2D eigenvalue weighted by Crippen LogP contribution is -2.02. The van der Waals surface area contributed by atoms with Crippen molar-refractivity contribution in [2.24, 2.45) is 0 Å². The van der Waals surface area contributed by atoms with Crippen LogP contribution in [-0.4, -0.2) is 25.6 Å². The Morgan fingerprint density at radius 3 is 2.56 bits per heavy atom. The summed E-state index contributed by atoms with van der Waals surface area (Å²) in [5.41, 5.74) is 1.76. The number of nitrogens with zero attached hydrogens (tertiary/aromatic N) is 3. The topological polar surface area (TPSA) is 50.9 Å². The molecule has 0 spiro atoms. The lowest BCUT2D eigenvalue weighted by atomic mass is 10.1. The summed E-state index contributed by atoms with van der Waals surface area (Å²) in [4.78, 5) is 4.71. The Balaban J connectivity index is 1.52. The Morgan fingerprint density at radius 2 is 1.84 bits per heavy atom. The number of halogens is 1. The number of aromatic nitrogens is 3. The van der Waals surface area contributed by atoms with Gasteiger partial charge in [0, 0.05) is 16.7 Å². The first-order chi connectivity index (χ1) is 12.2. The molecular weight excluding hydrogens is 354 g/mol. The van der Waals surface area contributed by atoms with Crippen molar-refractivity contribution < 1.29 is 5.11 Å². The van der Waals surface area contributed by atoms with Crippen molar-refractivity contribution in [2.45, 2.75) is 30.0 Å². The third-order valence-electron chi connectivity index (χ3n) is 4.19. The molecule has 0 radical (unpaired) electrons. The molecule has 1 fully saturated rings. The molecule has 4 nitrogen and oxygen atoms in total. The van der Waals surface area contributed by atoms with Gasteiger partial charge >= 0.3 is 0 Å². The highest BCUT2D eigenvalue weighted by Gasteiger charge is 2.30. The molecule has 0 saturated heterocycles. The highest BCUT2D eigenvalue weighted by molar-refractivity contribution is 7.99. The number of benzene rings is 2. The van der Waals surface area contributed by atoms with Gasteiger partial charge in [-0.15, -0.1) is 5.10 Å². The molecule has 1 aromatic heterocycles. The first kappa shape index (κ1) is 16.6. The average Bonchev–Trinajstić information content (AvgIpc) is 3.40. The van der Waals surface area contributed by atoms with E-state index in [1.165, 1.54) is 11.8 Å². The van der Waals surface area contributed by atoms with E-state index in [4.69, 9.17) is 16.6 Å². The number of para-hydroxylation sites is 1. The van der Waals surface area contributed by atoms with Crippen molar-refractivity contribution in [3.8, 4) is 5.69 Å². The second-order valence-electron chi connectivity index (χ2n) is 6.12. The third kappa shape index (κ3) is 3.73. The summed E-state index contributed by atoms with van der Waals surface area (Å²) < 4.78 is 1.93. The zero-order valence-corrected chi connectivity index (χ0v) is 15.1. The highest BCUT2D eigenvalue weighted by atomic mass is 35.5. The van der Waals surface area contributed by atoms with Crippen LogP contribution in [0.4, 0.5) is 0 Å². The molecule has 1 aliphatic rings. The highest BCUT2D eigenvalue weighted by Crippen LogP contribution is 2.40. The molecule has 0 bridgehead atoms. The van der Waals surface area contributed by atoms with Crippen LogP contribution in [-0.2, 0) is 0 Å². The average molecular weight is 372 g/mol. The molecule has 1 aliphatic carbocycles. The molecule has 1 saturated carbocycles. The molecule has 1 heterocycles. The van der Waals surface area contributed by atoms with E-state index in [1.54, 1.807) is 6.07 Å². The van der Waals surface area contributed by atoms with E-state index in [-0.39, 0.29) is 0 Å². The van der Waals surface area contributed by atoms with Crippen molar-refractivity contribution in [3.63, 3.8) is 0 Å². The van der Waals surface area contributed by atoms with Gasteiger partial charge in [-0.25, -0.2) is 9.67 Å². The minimum Gasteiger partial charge on any atom is -0.387 e. The summed E-state index contributed by atoms with van der Waals surface area (Å²) in [6.07, 6.45) is 1.68. The minimum atomic E-state index is -0.647. The zero-order chi connectivity index (χ0) is 17.2. The molecule has 25 heavy (non-hydrogen) atoms. The van der Waals surface area contributed by atoms with Gasteiger partial charge < -0.3 is 5.11 Å². The van der Waals surface area contributed by atoms with Crippen molar-refractivity contribution in [1.29, 1.82) is 0 Å². The molecule has 1 unspecified atom stereocenters. The number of hydrogen-bond donors (Lipinski definition) is 1. The van der Waals surface area contributed by atoms with Gasteiger partial charge in [0.1, 0.15) is 5.82 Å². The fourth-order valence-corrected chi connectivity index (χ4v) is 3.76. The molecule has 0 amide bonds. The normalized spacial score (nSPS) is 15.3. The lowest BCUT2D eigenvalue weighted by molar-refractivity contribution is 0.204. The maximum absolute atomic E-state index is 10.4. The second kappa shape index (κ2) is 7.20.